The van der Waals surface area contributed by atoms with Crippen molar-refractivity contribution in [1.82, 2.24) is 10.2 Å². The van der Waals surface area contributed by atoms with Gasteiger partial charge in [-0.1, -0.05) is 41.5 Å². The van der Waals surface area contributed by atoms with Gasteiger partial charge in [-0.3, -0.25) is 10.1 Å². The number of hydrogen-bond donors (Lipinski definition) is 1. The van der Waals surface area contributed by atoms with Crippen LogP contribution < -0.4 is 14.8 Å². The second kappa shape index (κ2) is 10.1. The molecule has 0 aliphatic heterocycles. The molecule has 0 aliphatic rings. The summed E-state index contributed by atoms with van der Waals surface area (Å²) in [5.74, 6) is 0.318. The number of ether oxygens (including phenoxy) is 2. The molecule has 0 fully saturated rings. The van der Waals surface area contributed by atoms with E-state index in [4.69, 9.17) is 13.9 Å². The molecule has 0 radical (unpaired) electrons. The Morgan fingerprint density at radius 1 is 0.909 bits per heavy atom. The molecule has 0 bridgehead atoms. The van der Waals surface area contributed by atoms with Crippen LogP contribution in [0.5, 0.6) is 11.5 Å². The molecule has 33 heavy (non-hydrogen) atoms. The Labute approximate surface area is 189 Å². The van der Waals surface area contributed by atoms with Crippen LogP contribution in [-0.2, 0) is 4.79 Å². The van der Waals surface area contributed by atoms with Gasteiger partial charge in [-0.15, -0.1) is 5.10 Å². The van der Waals surface area contributed by atoms with Crippen molar-refractivity contribution in [2.45, 2.75) is 0 Å². The molecule has 0 unspecified atom stereocenters. The van der Waals surface area contributed by atoms with Crippen LogP contribution in [0.4, 0.5) is 6.01 Å². The molecule has 8 nitrogen and oxygen atoms in total. The second-order valence-corrected chi connectivity index (χ2v) is 6.76. The third kappa shape index (κ3) is 5.50. The predicted octanol–water partition coefficient (Wildman–Crippen LogP) is 4.62. The molecule has 0 saturated carbocycles. The number of carbonyl (C=O) groups excluding carboxylic acids is 2. The van der Waals surface area contributed by atoms with E-state index in [9.17, 15) is 9.59 Å². The maximum atomic E-state index is 12.3. The molecule has 4 aromatic rings. The number of methoxy groups -OCH3 is 1. The predicted molar refractivity (Wildman–Crippen MR) is 122 cm³/mol. The van der Waals surface area contributed by atoms with Gasteiger partial charge in [0.25, 0.3) is 5.91 Å². The van der Waals surface area contributed by atoms with Gasteiger partial charge in [0, 0.05) is 17.2 Å². The van der Waals surface area contributed by atoms with Gasteiger partial charge in [0.2, 0.25) is 5.89 Å². The second-order valence-electron chi connectivity index (χ2n) is 6.76. The minimum absolute atomic E-state index is 0.0424. The van der Waals surface area contributed by atoms with E-state index in [0.717, 1.165) is 0 Å². The molecule has 0 aliphatic carbocycles. The molecule has 1 N–H and O–H groups in total. The quantitative estimate of drug-likeness (QED) is 0.254. The summed E-state index contributed by atoms with van der Waals surface area (Å²) < 4.78 is 16.1. The van der Waals surface area contributed by atoms with Crippen LogP contribution in [0.3, 0.4) is 0 Å². The summed E-state index contributed by atoms with van der Waals surface area (Å²) in [4.78, 5) is 24.7. The Morgan fingerprint density at radius 2 is 1.64 bits per heavy atom. The lowest BCUT2D eigenvalue weighted by Gasteiger charge is -2.07. The van der Waals surface area contributed by atoms with E-state index in [1.54, 1.807) is 79.9 Å². The highest BCUT2D eigenvalue weighted by Gasteiger charge is 2.12. The fourth-order valence-corrected chi connectivity index (χ4v) is 2.88. The van der Waals surface area contributed by atoms with Crippen molar-refractivity contribution in [3.63, 3.8) is 0 Å². The van der Waals surface area contributed by atoms with Crippen LogP contribution in [0, 0.1) is 0 Å². The number of para-hydroxylation sites is 1. The summed E-state index contributed by atoms with van der Waals surface area (Å²) in [5.41, 5.74) is 1.67. The SMILES string of the molecule is COc1ccc(-c2nnc(NC(=O)/C=C/c3ccccc3OC(=O)c3ccccc3)o2)cc1. The topological polar surface area (TPSA) is 104 Å². The van der Waals surface area contributed by atoms with Crippen LogP contribution in [0.15, 0.2) is 89.4 Å². The molecule has 3 aromatic carbocycles. The van der Waals surface area contributed by atoms with Gasteiger partial charge in [0.1, 0.15) is 11.5 Å². The van der Waals surface area contributed by atoms with E-state index >= 15 is 0 Å². The van der Waals surface area contributed by atoms with Crippen LogP contribution in [0.1, 0.15) is 15.9 Å². The van der Waals surface area contributed by atoms with Crippen molar-refractivity contribution in [3.05, 3.63) is 96.1 Å². The Balaban J connectivity index is 1.41. The molecule has 4 rings (SSSR count). The van der Waals surface area contributed by atoms with Gasteiger partial charge < -0.3 is 13.9 Å². The van der Waals surface area contributed by atoms with Crippen LogP contribution in [0.2, 0.25) is 0 Å². The molecule has 0 atom stereocenters. The van der Waals surface area contributed by atoms with Crippen molar-refractivity contribution in [1.29, 1.82) is 0 Å². The van der Waals surface area contributed by atoms with Gasteiger partial charge in [-0.05, 0) is 48.5 Å². The molecule has 164 valence electrons. The molecule has 0 spiro atoms. The zero-order valence-corrected chi connectivity index (χ0v) is 17.6. The molecule has 1 amide bonds. The zero-order valence-electron chi connectivity index (χ0n) is 17.6. The first-order chi connectivity index (χ1) is 16.1. The first-order valence-electron chi connectivity index (χ1n) is 9.95. The maximum absolute atomic E-state index is 12.3. The van der Waals surface area contributed by atoms with Crippen molar-refractivity contribution < 1.29 is 23.5 Å². The number of nitrogens with zero attached hydrogens (tertiary/aromatic N) is 2. The standard InChI is InChI=1S/C25H19N3O5/c1-31-20-14-11-18(12-15-20)23-27-28-25(33-23)26-22(29)16-13-17-7-5-6-10-21(17)32-24(30)19-8-3-2-4-9-19/h2-16H,1H3,(H,26,28,29)/b16-13+. The van der Waals surface area contributed by atoms with E-state index in [2.05, 4.69) is 15.5 Å². The summed E-state index contributed by atoms with van der Waals surface area (Å²) in [6, 6.07) is 22.6. The zero-order chi connectivity index (χ0) is 23.0. The average molecular weight is 441 g/mol. The number of benzene rings is 3. The average Bonchev–Trinajstić information content (AvgIpc) is 3.32. The third-order valence-corrected chi connectivity index (χ3v) is 4.54. The monoisotopic (exact) mass is 441 g/mol. The lowest BCUT2D eigenvalue weighted by Crippen LogP contribution is -2.09. The number of nitrogens with one attached hydrogen (secondary N) is 1. The van der Waals surface area contributed by atoms with Gasteiger partial charge in [0.15, 0.2) is 0 Å². The van der Waals surface area contributed by atoms with E-state index < -0.39 is 11.9 Å². The van der Waals surface area contributed by atoms with E-state index in [-0.39, 0.29) is 11.9 Å². The Kier molecular flexibility index (Phi) is 6.56. The van der Waals surface area contributed by atoms with Crippen molar-refractivity contribution in [2.75, 3.05) is 12.4 Å². The van der Waals surface area contributed by atoms with Crippen molar-refractivity contribution in [2.24, 2.45) is 0 Å². The van der Waals surface area contributed by atoms with Gasteiger partial charge >= 0.3 is 12.0 Å². The lowest BCUT2D eigenvalue weighted by molar-refractivity contribution is -0.112. The fraction of sp³-hybridized carbons (Fsp3) is 0.0400. The first kappa shape index (κ1) is 21.5. The van der Waals surface area contributed by atoms with E-state index in [0.29, 0.717) is 28.2 Å². The Hall–Kier alpha value is -4.72. The minimum atomic E-state index is -0.488. The van der Waals surface area contributed by atoms with Crippen molar-refractivity contribution in [3.8, 4) is 23.0 Å². The number of aromatic nitrogens is 2. The van der Waals surface area contributed by atoms with Crippen molar-refractivity contribution >= 4 is 24.0 Å². The number of amides is 1. The summed E-state index contributed by atoms with van der Waals surface area (Å²) in [7, 11) is 1.58. The van der Waals surface area contributed by atoms with Crippen LogP contribution >= 0.6 is 0 Å². The summed E-state index contributed by atoms with van der Waals surface area (Å²) >= 11 is 0. The smallest absolute Gasteiger partial charge is 0.343 e. The molecule has 1 aromatic heterocycles. The van der Waals surface area contributed by atoms with Gasteiger partial charge in [0.05, 0.1) is 12.7 Å². The normalized spacial score (nSPS) is 10.7. The summed E-state index contributed by atoms with van der Waals surface area (Å²) in [5, 5.41) is 10.3. The third-order valence-electron chi connectivity index (χ3n) is 4.54. The minimum Gasteiger partial charge on any atom is -0.497 e. The highest BCUT2D eigenvalue weighted by molar-refractivity contribution is 6.01. The first-order valence-corrected chi connectivity index (χ1v) is 9.95. The molecule has 0 saturated heterocycles. The highest BCUT2D eigenvalue weighted by atomic mass is 16.5. The van der Waals surface area contributed by atoms with Gasteiger partial charge in [-0.2, -0.15) is 0 Å². The molecule has 8 heteroatoms. The number of hydrogen-bond acceptors (Lipinski definition) is 7. The molecule has 1 heterocycles. The van der Waals surface area contributed by atoms with Gasteiger partial charge in [-0.25, -0.2) is 4.79 Å². The number of esters is 1. The van der Waals surface area contributed by atoms with Crippen LogP contribution in [-0.4, -0.2) is 29.2 Å². The lowest BCUT2D eigenvalue weighted by atomic mass is 10.2. The Morgan fingerprint density at radius 3 is 2.39 bits per heavy atom. The highest BCUT2D eigenvalue weighted by Crippen LogP contribution is 2.23. The number of carbonyl (C=O) groups is 2. The van der Waals surface area contributed by atoms with E-state index in [1.807, 2.05) is 6.07 Å². The number of anilines is 1. The Bertz CT molecular complexity index is 1280. The fourth-order valence-electron chi connectivity index (χ4n) is 2.88. The summed E-state index contributed by atoms with van der Waals surface area (Å²) in [6.45, 7) is 0. The number of rotatable bonds is 7. The molecular formula is C25H19N3O5. The van der Waals surface area contributed by atoms with Crippen LogP contribution in [0.25, 0.3) is 17.5 Å². The maximum Gasteiger partial charge on any atom is 0.343 e. The largest absolute Gasteiger partial charge is 0.497 e. The molecular weight excluding hydrogens is 422 g/mol. The summed E-state index contributed by atoms with van der Waals surface area (Å²) in [6.07, 6.45) is 2.82. The van der Waals surface area contributed by atoms with E-state index in [1.165, 1.54) is 12.2 Å².